The fourth-order valence-electron chi connectivity index (χ4n) is 3.54. The number of fused-ring (bicyclic) bond motifs is 1. The molecule has 0 spiro atoms. The van der Waals surface area contributed by atoms with Gasteiger partial charge in [0.2, 0.25) is 5.91 Å². The maximum Gasteiger partial charge on any atom is 0.222 e. The van der Waals surface area contributed by atoms with Crippen LogP contribution in [0.4, 0.5) is 0 Å². The number of amides is 1. The van der Waals surface area contributed by atoms with Gasteiger partial charge >= 0.3 is 0 Å². The van der Waals surface area contributed by atoms with Crippen molar-refractivity contribution < 1.29 is 9.53 Å². The molecule has 3 unspecified atom stereocenters. The van der Waals surface area contributed by atoms with E-state index < -0.39 is 0 Å². The van der Waals surface area contributed by atoms with Crippen molar-refractivity contribution in [2.24, 2.45) is 11.8 Å². The molecule has 3 aliphatic rings. The SMILES string of the molecule is O=C(CCC1CCCCO1)N1CC2CNCC2C1. The lowest BCUT2D eigenvalue weighted by atomic mass is 10.0. The van der Waals surface area contributed by atoms with Gasteiger partial charge in [-0.05, 0) is 37.5 Å². The first kappa shape index (κ1) is 12.4. The van der Waals surface area contributed by atoms with Crippen LogP contribution in [0.5, 0.6) is 0 Å². The summed E-state index contributed by atoms with van der Waals surface area (Å²) in [5.41, 5.74) is 0. The Hall–Kier alpha value is -0.610. The van der Waals surface area contributed by atoms with Crippen molar-refractivity contribution in [1.29, 1.82) is 0 Å². The Bertz CT molecular complexity index is 290. The van der Waals surface area contributed by atoms with Crippen LogP contribution >= 0.6 is 0 Å². The molecule has 0 aliphatic carbocycles. The zero-order valence-corrected chi connectivity index (χ0v) is 11.1. The second-order valence-electron chi connectivity index (χ2n) is 6.00. The minimum absolute atomic E-state index is 0.339. The molecule has 0 aromatic carbocycles. The minimum Gasteiger partial charge on any atom is -0.378 e. The number of nitrogens with one attached hydrogen (secondary N) is 1. The summed E-state index contributed by atoms with van der Waals surface area (Å²) in [5.74, 6) is 1.76. The maximum absolute atomic E-state index is 12.2. The van der Waals surface area contributed by atoms with E-state index in [-0.39, 0.29) is 0 Å². The molecular weight excluding hydrogens is 228 g/mol. The van der Waals surface area contributed by atoms with E-state index >= 15 is 0 Å². The quantitative estimate of drug-likeness (QED) is 0.815. The second-order valence-corrected chi connectivity index (χ2v) is 6.00. The number of rotatable bonds is 3. The summed E-state index contributed by atoms with van der Waals surface area (Å²) in [5, 5.41) is 3.41. The Morgan fingerprint density at radius 3 is 2.67 bits per heavy atom. The highest BCUT2D eigenvalue weighted by Crippen LogP contribution is 2.27. The lowest BCUT2D eigenvalue weighted by Gasteiger charge is -2.23. The van der Waals surface area contributed by atoms with Crippen LogP contribution < -0.4 is 5.32 Å². The van der Waals surface area contributed by atoms with Gasteiger partial charge in [-0.1, -0.05) is 0 Å². The number of hydrogen-bond donors (Lipinski definition) is 1. The van der Waals surface area contributed by atoms with Crippen LogP contribution in [0, 0.1) is 11.8 Å². The molecule has 18 heavy (non-hydrogen) atoms. The molecule has 3 saturated heterocycles. The monoisotopic (exact) mass is 252 g/mol. The number of nitrogens with zero attached hydrogens (tertiary/aromatic N) is 1. The van der Waals surface area contributed by atoms with Gasteiger partial charge < -0.3 is 15.0 Å². The predicted molar refractivity (Wildman–Crippen MR) is 69.3 cm³/mol. The average molecular weight is 252 g/mol. The van der Waals surface area contributed by atoms with Crippen LogP contribution in [0.3, 0.4) is 0 Å². The highest BCUT2D eigenvalue weighted by atomic mass is 16.5. The molecule has 4 heteroatoms. The Morgan fingerprint density at radius 1 is 1.22 bits per heavy atom. The summed E-state index contributed by atoms with van der Waals surface area (Å²) in [6.07, 6.45) is 5.53. The second kappa shape index (κ2) is 5.57. The van der Waals surface area contributed by atoms with Crippen molar-refractivity contribution in [2.75, 3.05) is 32.8 Å². The van der Waals surface area contributed by atoms with Crippen LogP contribution in [-0.4, -0.2) is 49.7 Å². The van der Waals surface area contributed by atoms with Crippen LogP contribution in [0.15, 0.2) is 0 Å². The number of carbonyl (C=O) groups is 1. The van der Waals surface area contributed by atoms with E-state index in [0.29, 0.717) is 30.3 Å². The highest BCUT2D eigenvalue weighted by Gasteiger charge is 2.37. The van der Waals surface area contributed by atoms with Gasteiger partial charge in [-0.15, -0.1) is 0 Å². The minimum atomic E-state index is 0.339. The highest BCUT2D eigenvalue weighted by molar-refractivity contribution is 5.76. The van der Waals surface area contributed by atoms with E-state index in [0.717, 1.165) is 45.6 Å². The lowest BCUT2D eigenvalue weighted by molar-refractivity contribution is -0.131. The van der Waals surface area contributed by atoms with Crippen molar-refractivity contribution in [2.45, 2.75) is 38.2 Å². The van der Waals surface area contributed by atoms with E-state index in [1.165, 1.54) is 12.8 Å². The summed E-state index contributed by atoms with van der Waals surface area (Å²) >= 11 is 0. The molecule has 0 bridgehead atoms. The number of hydrogen-bond acceptors (Lipinski definition) is 3. The molecule has 0 radical (unpaired) electrons. The molecule has 0 aromatic heterocycles. The summed E-state index contributed by atoms with van der Waals surface area (Å²) in [4.78, 5) is 14.3. The van der Waals surface area contributed by atoms with E-state index in [9.17, 15) is 4.79 Å². The third-order valence-electron chi connectivity index (χ3n) is 4.70. The molecule has 3 heterocycles. The van der Waals surface area contributed by atoms with Crippen LogP contribution in [0.25, 0.3) is 0 Å². The van der Waals surface area contributed by atoms with Crippen molar-refractivity contribution in [3.05, 3.63) is 0 Å². The largest absolute Gasteiger partial charge is 0.378 e. The molecule has 0 aromatic rings. The summed E-state index contributed by atoms with van der Waals surface area (Å²) in [6.45, 7) is 5.03. The van der Waals surface area contributed by atoms with E-state index in [4.69, 9.17) is 4.74 Å². The first-order valence-electron chi connectivity index (χ1n) is 7.43. The molecule has 1 N–H and O–H groups in total. The summed E-state index contributed by atoms with van der Waals surface area (Å²) < 4.78 is 5.68. The molecule has 3 aliphatic heterocycles. The maximum atomic E-state index is 12.2. The molecule has 1 amide bonds. The Morgan fingerprint density at radius 2 is 2.00 bits per heavy atom. The third kappa shape index (κ3) is 2.69. The van der Waals surface area contributed by atoms with Crippen molar-refractivity contribution in [1.82, 2.24) is 10.2 Å². The predicted octanol–water partition coefficient (Wildman–Crippen LogP) is 1.01. The van der Waals surface area contributed by atoms with Gasteiger partial charge in [0.1, 0.15) is 0 Å². The van der Waals surface area contributed by atoms with E-state index in [1.54, 1.807) is 0 Å². The van der Waals surface area contributed by atoms with Gasteiger partial charge in [-0.25, -0.2) is 0 Å². The van der Waals surface area contributed by atoms with Crippen molar-refractivity contribution in [3.63, 3.8) is 0 Å². The summed E-state index contributed by atoms with van der Waals surface area (Å²) in [7, 11) is 0. The smallest absolute Gasteiger partial charge is 0.222 e. The molecule has 4 nitrogen and oxygen atoms in total. The average Bonchev–Trinajstić information content (AvgIpc) is 2.98. The molecule has 3 atom stereocenters. The van der Waals surface area contributed by atoms with Crippen LogP contribution in [-0.2, 0) is 9.53 Å². The zero-order chi connectivity index (χ0) is 12.4. The normalized spacial score (nSPS) is 35.8. The van der Waals surface area contributed by atoms with Crippen LogP contribution in [0.2, 0.25) is 0 Å². The first-order chi connectivity index (χ1) is 8.83. The molecule has 0 saturated carbocycles. The van der Waals surface area contributed by atoms with Gasteiger partial charge in [0.05, 0.1) is 6.10 Å². The molecule has 102 valence electrons. The first-order valence-corrected chi connectivity index (χ1v) is 7.43. The fraction of sp³-hybridized carbons (Fsp3) is 0.929. The number of likely N-dealkylation sites (tertiary alicyclic amines) is 1. The van der Waals surface area contributed by atoms with Gasteiger partial charge in [-0.2, -0.15) is 0 Å². The van der Waals surface area contributed by atoms with Crippen molar-refractivity contribution >= 4 is 5.91 Å². The lowest BCUT2D eigenvalue weighted by Crippen LogP contribution is -2.32. The topological polar surface area (TPSA) is 41.6 Å². The van der Waals surface area contributed by atoms with Crippen LogP contribution in [0.1, 0.15) is 32.1 Å². The molecule has 3 fully saturated rings. The number of carbonyl (C=O) groups excluding carboxylic acids is 1. The third-order valence-corrected chi connectivity index (χ3v) is 4.70. The van der Waals surface area contributed by atoms with E-state index in [2.05, 4.69) is 10.2 Å². The Kier molecular flexibility index (Phi) is 3.85. The van der Waals surface area contributed by atoms with E-state index in [1.807, 2.05) is 0 Å². The summed E-state index contributed by atoms with van der Waals surface area (Å²) in [6, 6.07) is 0. The Balaban J connectivity index is 1.41. The number of ether oxygens (including phenoxy) is 1. The zero-order valence-electron chi connectivity index (χ0n) is 11.1. The van der Waals surface area contributed by atoms with Crippen molar-refractivity contribution in [3.8, 4) is 0 Å². The molecular formula is C14H24N2O2. The fourth-order valence-corrected chi connectivity index (χ4v) is 3.54. The standard InChI is InChI=1S/C14H24N2O2/c17-14(5-4-13-3-1-2-6-18-13)16-9-11-7-15-8-12(11)10-16/h11-13,15H,1-10H2. The van der Waals surface area contributed by atoms with Gasteiger partial charge in [0, 0.05) is 39.2 Å². The molecule has 3 rings (SSSR count). The van der Waals surface area contributed by atoms with Gasteiger partial charge in [0.15, 0.2) is 0 Å². The van der Waals surface area contributed by atoms with Gasteiger partial charge in [0.25, 0.3) is 0 Å². The Labute approximate surface area is 109 Å². The van der Waals surface area contributed by atoms with Gasteiger partial charge in [-0.3, -0.25) is 4.79 Å².